The number of nitrogens with zero attached hydrogens (tertiary/aromatic N) is 1. The fourth-order valence-corrected chi connectivity index (χ4v) is 3.23. The zero-order valence-electron chi connectivity index (χ0n) is 17.8. The first-order valence-corrected chi connectivity index (χ1v) is 10.4. The van der Waals surface area contributed by atoms with Crippen molar-refractivity contribution >= 4 is 35.8 Å². The van der Waals surface area contributed by atoms with Crippen molar-refractivity contribution in [2.75, 3.05) is 19.7 Å². The summed E-state index contributed by atoms with van der Waals surface area (Å²) in [5.41, 5.74) is 1.56. The summed E-state index contributed by atoms with van der Waals surface area (Å²) in [6.07, 6.45) is 1.32. The van der Waals surface area contributed by atoms with E-state index in [-0.39, 0.29) is 49.1 Å². The monoisotopic (exact) mass is 556 g/mol. The number of halogens is 4. The summed E-state index contributed by atoms with van der Waals surface area (Å²) in [5, 5.41) is 9.19. The summed E-state index contributed by atoms with van der Waals surface area (Å²) in [6.45, 7) is 1.77. The van der Waals surface area contributed by atoms with Crippen LogP contribution in [0.2, 0.25) is 0 Å². The maximum Gasteiger partial charge on any atom is 0.411 e. The SMILES string of the molecule is CCNC(=NCc1ccc(COCC(F)(F)F)cc1)NCC(=O)NC1CCCCC1.I. The first-order valence-electron chi connectivity index (χ1n) is 10.4. The van der Waals surface area contributed by atoms with Crippen LogP contribution in [0.5, 0.6) is 0 Å². The van der Waals surface area contributed by atoms with Crippen LogP contribution in [0.25, 0.3) is 0 Å². The van der Waals surface area contributed by atoms with Crippen LogP contribution < -0.4 is 16.0 Å². The average molecular weight is 556 g/mol. The lowest BCUT2D eigenvalue weighted by Gasteiger charge is -2.23. The van der Waals surface area contributed by atoms with E-state index in [4.69, 9.17) is 0 Å². The highest BCUT2D eigenvalue weighted by Crippen LogP contribution is 2.17. The van der Waals surface area contributed by atoms with Crippen molar-refractivity contribution in [3.63, 3.8) is 0 Å². The van der Waals surface area contributed by atoms with E-state index >= 15 is 0 Å². The number of guanidine groups is 1. The molecule has 2 rings (SSSR count). The molecular formula is C21H32F3IN4O2. The summed E-state index contributed by atoms with van der Waals surface area (Å²) < 4.78 is 41.0. The number of benzene rings is 1. The van der Waals surface area contributed by atoms with Crippen molar-refractivity contribution in [2.45, 2.75) is 64.4 Å². The van der Waals surface area contributed by atoms with Gasteiger partial charge in [-0.15, -0.1) is 24.0 Å². The number of alkyl halides is 3. The summed E-state index contributed by atoms with van der Waals surface area (Å²) in [7, 11) is 0. The van der Waals surface area contributed by atoms with Crippen molar-refractivity contribution in [3.8, 4) is 0 Å². The lowest BCUT2D eigenvalue weighted by Crippen LogP contribution is -2.46. The molecular weight excluding hydrogens is 524 g/mol. The van der Waals surface area contributed by atoms with E-state index in [9.17, 15) is 18.0 Å². The van der Waals surface area contributed by atoms with Crippen LogP contribution >= 0.6 is 24.0 Å². The molecule has 0 radical (unpaired) electrons. The highest BCUT2D eigenvalue weighted by Gasteiger charge is 2.27. The molecule has 0 spiro atoms. The van der Waals surface area contributed by atoms with Gasteiger partial charge in [0.15, 0.2) is 5.96 Å². The number of carbonyl (C=O) groups is 1. The largest absolute Gasteiger partial charge is 0.411 e. The van der Waals surface area contributed by atoms with E-state index in [2.05, 4.69) is 25.7 Å². The molecule has 0 saturated heterocycles. The highest BCUT2D eigenvalue weighted by molar-refractivity contribution is 14.0. The van der Waals surface area contributed by atoms with E-state index in [1.807, 2.05) is 6.92 Å². The van der Waals surface area contributed by atoms with Gasteiger partial charge in [0, 0.05) is 12.6 Å². The molecule has 176 valence electrons. The van der Waals surface area contributed by atoms with Crippen LogP contribution in [0.1, 0.15) is 50.2 Å². The highest BCUT2D eigenvalue weighted by atomic mass is 127. The molecule has 0 heterocycles. The Bertz CT molecular complexity index is 678. The average Bonchev–Trinajstić information content (AvgIpc) is 2.71. The minimum Gasteiger partial charge on any atom is -0.367 e. The van der Waals surface area contributed by atoms with Crippen molar-refractivity contribution in [1.29, 1.82) is 0 Å². The molecule has 1 aliphatic rings. The second-order valence-electron chi connectivity index (χ2n) is 7.38. The van der Waals surface area contributed by atoms with Crippen molar-refractivity contribution < 1.29 is 22.7 Å². The van der Waals surface area contributed by atoms with Crippen LogP contribution in [-0.2, 0) is 22.7 Å². The quantitative estimate of drug-likeness (QED) is 0.245. The summed E-state index contributed by atoms with van der Waals surface area (Å²) in [4.78, 5) is 16.6. The van der Waals surface area contributed by atoms with Crippen LogP contribution in [0, 0.1) is 0 Å². The van der Waals surface area contributed by atoms with Crippen LogP contribution in [-0.4, -0.2) is 43.8 Å². The Morgan fingerprint density at radius 3 is 2.35 bits per heavy atom. The normalized spacial score (nSPS) is 15.2. The van der Waals surface area contributed by atoms with Gasteiger partial charge in [0.05, 0.1) is 19.7 Å². The number of ether oxygens (including phenoxy) is 1. The molecule has 1 fully saturated rings. The van der Waals surface area contributed by atoms with Gasteiger partial charge in [-0.1, -0.05) is 43.5 Å². The maximum atomic E-state index is 12.1. The lowest BCUT2D eigenvalue weighted by atomic mass is 9.95. The summed E-state index contributed by atoms with van der Waals surface area (Å²) in [5.74, 6) is 0.490. The fourth-order valence-electron chi connectivity index (χ4n) is 3.23. The molecule has 0 atom stereocenters. The number of carbonyl (C=O) groups excluding carboxylic acids is 1. The van der Waals surface area contributed by atoms with Gasteiger partial charge in [-0.3, -0.25) is 4.79 Å². The van der Waals surface area contributed by atoms with Crippen molar-refractivity contribution in [3.05, 3.63) is 35.4 Å². The fraction of sp³-hybridized carbons (Fsp3) is 0.619. The predicted molar refractivity (Wildman–Crippen MR) is 125 cm³/mol. The molecule has 31 heavy (non-hydrogen) atoms. The van der Waals surface area contributed by atoms with E-state index < -0.39 is 12.8 Å². The van der Waals surface area contributed by atoms with Gasteiger partial charge in [-0.2, -0.15) is 13.2 Å². The minimum absolute atomic E-state index is 0. The van der Waals surface area contributed by atoms with Gasteiger partial charge in [-0.05, 0) is 30.9 Å². The van der Waals surface area contributed by atoms with Gasteiger partial charge < -0.3 is 20.7 Å². The Hall–Kier alpha value is -1.56. The molecule has 3 N–H and O–H groups in total. The van der Waals surface area contributed by atoms with E-state index in [0.717, 1.165) is 31.2 Å². The Labute approximate surface area is 198 Å². The van der Waals surface area contributed by atoms with E-state index in [0.29, 0.717) is 24.6 Å². The second kappa shape index (κ2) is 14.5. The number of hydrogen-bond acceptors (Lipinski definition) is 3. The number of nitrogens with one attached hydrogen (secondary N) is 3. The maximum absolute atomic E-state index is 12.1. The van der Waals surface area contributed by atoms with Crippen LogP contribution in [0.3, 0.4) is 0 Å². The lowest BCUT2D eigenvalue weighted by molar-refractivity contribution is -0.176. The smallest absolute Gasteiger partial charge is 0.367 e. The third-order valence-electron chi connectivity index (χ3n) is 4.71. The Morgan fingerprint density at radius 1 is 1.10 bits per heavy atom. The van der Waals surface area contributed by atoms with Crippen LogP contribution in [0.4, 0.5) is 13.2 Å². The molecule has 1 aliphatic carbocycles. The molecule has 1 amide bonds. The van der Waals surface area contributed by atoms with Gasteiger partial charge in [-0.25, -0.2) is 4.99 Å². The molecule has 6 nitrogen and oxygen atoms in total. The number of rotatable bonds is 9. The number of aliphatic imine (C=N–C) groups is 1. The zero-order chi connectivity index (χ0) is 21.8. The summed E-state index contributed by atoms with van der Waals surface area (Å²) in [6, 6.07) is 7.31. The minimum atomic E-state index is -4.32. The topological polar surface area (TPSA) is 74.8 Å². The molecule has 0 bridgehead atoms. The molecule has 0 aromatic heterocycles. The van der Waals surface area contributed by atoms with Gasteiger partial charge in [0.1, 0.15) is 6.61 Å². The van der Waals surface area contributed by atoms with Crippen molar-refractivity contribution in [2.24, 2.45) is 4.99 Å². The van der Waals surface area contributed by atoms with Crippen molar-refractivity contribution in [1.82, 2.24) is 16.0 Å². The third-order valence-corrected chi connectivity index (χ3v) is 4.71. The molecule has 1 aromatic carbocycles. The molecule has 0 aliphatic heterocycles. The Kier molecular flexibility index (Phi) is 12.8. The summed E-state index contributed by atoms with van der Waals surface area (Å²) >= 11 is 0. The molecule has 0 unspecified atom stereocenters. The van der Waals surface area contributed by atoms with Gasteiger partial charge in [0.25, 0.3) is 0 Å². The number of amides is 1. The molecule has 1 saturated carbocycles. The van der Waals surface area contributed by atoms with Gasteiger partial charge >= 0.3 is 6.18 Å². The predicted octanol–water partition coefficient (Wildman–Crippen LogP) is 3.89. The Balaban J connectivity index is 0.00000480. The standard InChI is InChI=1S/C21H31F3N4O2.HI/c1-2-25-20(27-13-19(29)28-18-6-4-3-5-7-18)26-12-16-8-10-17(11-9-16)14-30-15-21(22,23)24;/h8-11,18H,2-7,12-15H2,1H3,(H,28,29)(H2,25,26,27);1H. The number of hydrogen-bond donors (Lipinski definition) is 3. The first-order chi connectivity index (χ1) is 14.4. The van der Waals surface area contributed by atoms with Crippen LogP contribution in [0.15, 0.2) is 29.3 Å². The van der Waals surface area contributed by atoms with E-state index in [1.54, 1.807) is 24.3 Å². The molecule has 10 heteroatoms. The second-order valence-corrected chi connectivity index (χ2v) is 7.38. The molecule has 1 aromatic rings. The zero-order valence-corrected chi connectivity index (χ0v) is 20.1. The Morgan fingerprint density at radius 2 is 1.74 bits per heavy atom. The third kappa shape index (κ3) is 12.2. The van der Waals surface area contributed by atoms with Gasteiger partial charge in [0.2, 0.25) is 5.91 Å². The van der Waals surface area contributed by atoms with E-state index in [1.165, 1.54) is 6.42 Å². The first kappa shape index (κ1) is 27.5.